The number of aliphatic hydroxyl groups is 2. The zero-order valence-electron chi connectivity index (χ0n) is 31.2. The average Bonchev–Trinajstić information content (AvgIpc) is 3.59. The molecule has 1 aliphatic carbocycles. The van der Waals surface area contributed by atoms with Gasteiger partial charge >= 0.3 is 5.97 Å². The van der Waals surface area contributed by atoms with Crippen molar-refractivity contribution in [3.05, 3.63) is 98.7 Å². The van der Waals surface area contributed by atoms with Crippen LogP contribution in [0.25, 0.3) is 11.1 Å². The van der Waals surface area contributed by atoms with Crippen molar-refractivity contribution in [2.75, 3.05) is 39.5 Å². The van der Waals surface area contributed by atoms with E-state index in [-0.39, 0.29) is 25.4 Å². The van der Waals surface area contributed by atoms with E-state index in [9.17, 15) is 25.4 Å². The van der Waals surface area contributed by atoms with E-state index in [4.69, 9.17) is 37.4 Å². The van der Waals surface area contributed by atoms with E-state index in [0.717, 1.165) is 67.6 Å². The molecule has 1 fully saturated rings. The molecule has 1 aliphatic heterocycles. The van der Waals surface area contributed by atoms with E-state index in [1.54, 1.807) is 25.1 Å². The summed E-state index contributed by atoms with van der Waals surface area (Å²) in [5.41, 5.74) is 3.97. The molecular formula is C42H48Cl2N4O7. The Balaban J connectivity index is 1.35. The van der Waals surface area contributed by atoms with Crippen LogP contribution >= 0.6 is 23.2 Å². The Bertz CT molecular complexity index is 1950. The van der Waals surface area contributed by atoms with Crippen LogP contribution in [0.4, 0.5) is 0 Å². The molecule has 1 saturated heterocycles. The van der Waals surface area contributed by atoms with E-state index < -0.39 is 18.1 Å². The van der Waals surface area contributed by atoms with E-state index in [1.807, 2.05) is 30.3 Å². The van der Waals surface area contributed by atoms with Crippen molar-refractivity contribution in [1.82, 2.24) is 10.2 Å². The second kappa shape index (κ2) is 19.4. The molecule has 1 heterocycles. The Morgan fingerprint density at radius 2 is 1.85 bits per heavy atom. The lowest BCUT2D eigenvalue weighted by Gasteiger charge is -2.29. The van der Waals surface area contributed by atoms with E-state index in [0.29, 0.717) is 57.0 Å². The summed E-state index contributed by atoms with van der Waals surface area (Å²) >= 11 is 13.8. The van der Waals surface area contributed by atoms with Crippen LogP contribution in [-0.4, -0.2) is 84.0 Å². The highest BCUT2D eigenvalue weighted by atomic mass is 35.5. The molecule has 0 radical (unpaired) electrons. The van der Waals surface area contributed by atoms with Crippen LogP contribution in [0, 0.1) is 11.3 Å². The minimum Gasteiger partial charge on any atom is -0.492 e. The first kappa shape index (κ1) is 41.7. The maximum atomic E-state index is 11.9. The minimum absolute atomic E-state index is 0.00707. The lowest BCUT2D eigenvalue weighted by molar-refractivity contribution is -0.145. The smallest absolute Gasteiger partial charge is 0.326 e. The number of hydrogen-bond acceptors (Lipinski definition) is 10. The highest BCUT2D eigenvalue weighted by Gasteiger charge is 2.33. The van der Waals surface area contributed by atoms with E-state index >= 15 is 0 Å². The average molecular weight is 792 g/mol. The molecule has 11 nitrogen and oxygen atoms in total. The van der Waals surface area contributed by atoms with Gasteiger partial charge in [-0.25, -0.2) is 0 Å². The van der Waals surface area contributed by atoms with Gasteiger partial charge in [-0.2, -0.15) is 5.26 Å². The summed E-state index contributed by atoms with van der Waals surface area (Å²) in [6.07, 6.45) is 6.52. The predicted molar refractivity (Wildman–Crippen MR) is 214 cm³/mol. The first-order valence-corrected chi connectivity index (χ1v) is 19.1. The standard InChI is InChI=1S/C42H48Cl2N4O7/c1-27(22-45)19-28(23-46-3)25-54-38-21-39(35(43)20-29(38)24-47-42(2,26-49)41(51)52)55-36-12-11-32-31(7-4-8-33(32)36)34-9-5-10-37(40(34)44)53-18-6-15-48-16-13-30(50)14-17-48/h4-5,7-10,19-21,23,30,36,47,49-50H,3,6,11-18,24-26H2,1-2H3,(H,51,52)/b27-19+,28-23+/t36-,42?/m0/s1. The molecular weight excluding hydrogens is 743 g/mol. The van der Waals surface area contributed by atoms with Gasteiger partial charge in [-0.15, -0.1) is 0 Å². The topological polar surface area (TPSA) is 157 Å². The van der Waals surface area contributed by atoms with Crippen LogP contribution in [0.3, 0.4) is 0 Å². The molecule has 0 bridgehead atoms. The molecule has 0 saturated carbocycles. The summed E-state index contributed by atoms with van der Waals surface area (Å²) in [5, 5.41) is 42.3. The van der Waals surface area contributed by atoms with E-state index in [2.05, 4.69) is 34.1 Å². The van der Waals surface area contributed by atoms with Crippen LogP contribution < -0.4 is 19.5 Å². The second-order valence-corrected chi connectivity index (χ2v) is 14.8. The number of hydrogen-bond donors (Lipinski definition) is 4. The highest BCUT2D eigenvalue weighted by Crippen LogP contribution is 2.45. The Hall–Kier alpha value is -4.41. The number of nitrogens with zero attached hydrogens (tertiary/aromatic N) is 3. The maximum Gasteiger partial charge on any atom is 0.326 e. The number of allylic oxidation sites excluding steroid dienone is 1. The SMILES string of the molecule is C=N/C=C(\C=C(/C)C#N)COc1cc(O[C@H]2CCc3c(-c4cccc(OCCCN5CCC(O)CC5)c4Cl)cccc32)c(Cl)cc1CNC(C)(CO)C(=O)O. The third-order valence-corrected chi connectivity index (χ3v) is 10.7. The van der Waals surface area contributed by atoms with Crippen molar-refractivity contribution >= 4 is 35.9 Å². The van der Waals surface area contributed by atoms with Gasteiger partial charge in [0.05, 0.1) is 35.4 Å². The normalized spacial score (nSPS) is 17.6. The van der Waals surface area contributed by atoms with Crippen LogP contribution in [0.5, 0.6) is 17.2 Å². The van der Waals surface area contributed by atoms with Crippen molar-refractivity contribution in [2.24, 2.45) is 4.99 Å². The molecule has 0 amide bonds. The summed E-state index contributed by atoms with van der Waals surface area (Å²) in [5.74, 6) is 0.153. The van der Waals surface area contributed by atoms with Crippen LogP contribution in [0.1, 0.15) is 62.3 Å². The molecule has 55 heavy (non-hydrogen) atoms. The van der Waals surface area contributed by atoms with Gasteiger partial charge in [0.1, 0.15) is 35.5 Å². The number of halogens is 2. The Morgan fingerprint density at radius 1 is 1.11 bits per heavy atom. The summed E-state index contributed by atoms with van der Waals surface area (Å²) in [6.45, 7) is 9.20. The Kier molecular flexibility index (Phi) is 14.8. The third-order valence-electron chi connectivity index (χ3n) is 9.97. The lowest BCUT2D eigenvalue weighted by atomic mass is 9.96. The molecule has 4 N–H and O–H groups in total. The number of carbonyl (C=O) groups is 1. The molecule has 3 aromatic rings. The van der Waals surface area contributed by atoms with E-state index in [1.165, 1.54) is 13.1 Å². The number of nitriles is 1. The number of carboxylic acids is 1. The molecule has 2 aliphatic rings. The monoisotopic (exact) mass is 790 g/mol. The second-order valence-electron chi connectivity index (χ2n) is 14.1. The van der Waals surface area contributed by atoms with Gasteiger partial charge in [0, 0.05) is 60.7 Å². The van der Waals surface area contributed by atoms with Gasteiger partial charge in [0.25, 0.3) is 0 Å². The number of piperidine rings is 1. The number of nitrogens with one attached hydrogen (secondary N) is 1. The summed E-state index contributed by atoms with van der Waals surface area (Å²) in [4.78, 5) is 18.1. The van der Waals surface area contributed by atoms with Crippen molar-refractivity contribution in [3.8, 4) is 34.4 Å². The third kappa shape index (κ3) is 10.7. The number of aliphatic imine (C=N–C) groups is 1. The van der Waals surface area contributed by atoms with Gasteiger partial charge in [-0.05, 0) is 87.6 Å². The highest BCUT2D eigenvalue weighted by molar-refractivity contribution is 6.35. The molecule has 2 atom stereocenters. The zero-order valence-corrected chi connectivity index (χ0v) is 32.7. The summed E-state index contributed by atoms with van der Waals surface area (Å²) < 4.78 is 19.0. The van der Waals surface area contributed by atoms with Crippen molar-refractivity contribution in [3.63, 3.8) is 0 Å². The van der Waals surface area contributed by atoms with Gasteiger partial charge in [-0.3, -0.25) is 15.1 Å². The van der Waals surface area contributed by atoms with Crippen LogP contribution in [-0.2, 0) is 17.8 Å². The molecule has 1 unspecified atom stereocenters. The van der Waals surface area contributed by atoms with Crippen molar-refractivity contribution in [1.29, 1.82) is 5.26 Å². The molecule has 5 rings (SSSR count). The first-order valence-electron chi connectivity index (χ1n) is 18.3. The quantitative estimate of drug-likeness (QED) is 0.0446. The number of carboxylic acid groups (broad SMARTS) is 1. The molecule has 13 heteroatoms. The number of rotatable bonds is 18. The van der Waals surface area contributed by atoms with Gasteiger partial charge < -0.3 is 34.4 Å². The number of likely N-dealkylation sites (tertiary alicyclic amines) is 1. The number of ether oxygens (including phenoxy) is 3. The Labute approximate surface area is 332 Å². The van der Waals surface area contributed by atoms with Crippen LogP contribution in [0.2, 0.25) is 10.0 Å². The molecule has 0 spiro atoms. The maximum absolute atomic E-state index is 11.9. The fraction of sp³-hybridized carbons (Fsp3) is 0.405. The first-order chi connectivity index (χ1) is 26.5. The summed E-state index contributed by atoms with van der Waals surface area (Å²) in [7, 11) is 0. The zero-order chi connectivity index (χ0) is 39.5. The molecule has 292 valence electrons. The number of aliphatic hydroxyl groups excluding tert-OH is 2. The van der Waals surface area contributed by atoms with Crippen molar-refractivity contribution < 1.29 is 34.3 Å². The fourth-order valence-corrected chi connectivity index (χ4v) is 7.23. The summed E-state index contributed by atoms with van der Waals surface area (Å²) in [6, 6.07) is 17.3. The predicted octanol–water partition coefficient (Wildman–Crippen LogP) is 7.31. The van der Waals surface area contributed by atoms with Crippen molar-refractivity contribution in [2.45, 2.75) is 70.2 Å². The lowest BCUT2D eigenvalue weighted by Crippen LogP contribution is -2.52. The molecule has 3 aromatic carbocycles. The largest absolute Gasteiger partial charge is 0.492 e. The Morgan fingerprint density at radius 3 is 2.56 bits per heavy atom. The molecule has 0 aromatic heterocycles. The van der Waals surface area contributed by atoms with Gasteiger partial charge in [0.15, 0.2) is 0 Å². The van der Waals surface area contributed by atoms with Crippen LogP contribution in [0.15, 0.2) is 76.9 Å². The number of benzene rings is 3. The van der Waals surface area contributed by atoms with Gasteiger partial charge in [0.2, 0.25) is 0 Å². The van der Waals surface area contributed by atoms with Gasteiger partial charge in [-0.1, -0.05) is 53.5 Å². The number of fused-ring (bicyclic) bond motifs is 1. The fourth-order valence-electron chi connectivity index (χ4n) is 6.72. The number of aliphatic carboxylic acids is 1. The minimum atomic E-state index is -1.61.